The molecule has 1 atom stereocenters. The van der Waals surface area contributed by atoms with Gasteiger partial charge in [0.1, 0.15) is 11.9 Å². The Morgan fingerprint density at radius 1 is 1.07 bits per heavy atom. The highest BCUT2D eigenvalue weighted by Gasteiger charge is 2.30. The molecule has 2 N–H and O–H groups in total. The molecule has 1 heterocycles. The van der Waals surface area contributed by atoms with Crippen molar-refractivity contribution in [3.63, 3.8) is 0 Å². The van der Waals surface area contributed by atoms with Gasteiger partial charge in [0.15, 0.2) is 0 Å². The van der Waals surface area contributed by atoms with Crippen LogP contribution < -0.4 is 10.2 Å². The molecule has 1 fully saturated rings. The van der Waals surface area contributed by atoms with Crippen LogP contribution in [0.2, 0.25) is 0 Å². The van der Waals surface area contributed by atoms with Crippen LogP contribution in [0, 0.1) is 5.82 Å². The van der Waals surface area contributed by atoms with Crippen molar-refractivity contribution >= 4 is 23.3 Å². The third-order valence-corrected chi connectivity index (χ3v) is 4.64. The monoisotopic (exact) mass is 371 g/mol. The van der Waals surface area contributed by atoms with E-state index in [1.54, 1.807) is 12.1 Å². The molecule has 1 saturated heterocycles. The second-order valence-corrected chi connectivity index (χ2v) is 6.52. The summed E-state index contributed by atoms with van der Waals surface area (Å²) >= 11 is 0. The van der Waals surface area contributed by atoms with Crippen LogP contribution in [0.4, 0.5) is 15.8 Å². The maximum Gasteiger partial charge on any atom is 0.325 e. The molecule has 6 nitrogen and oxygen atoms in total. The minimum absolute atomic E-state index is 0.253. The zero-order valence-corrected chi connectivity index (χ0v) is 15.1. The van der Waals surface area contributed by atoms with Crippen LogP contribution in [0.25, 0.3) is 0 Å². The molecule has 3 rings (SSSR count). The summed E-state index contributed by atoms with van der Waals surface area (Å²) in [7, 11) is 0. The second kappa shape index (κ2) is 8.18. The Bertz CT molecular complexity index is 820. The molecule has 0 spiro atoms. The standard InChI is InChI=1S/C20H22FN3O3/c1-14(25)22-16-7-8-18(17(21)13-16)23-9-11-24(12-10-23)19(20(26)27)15-5-3-2-4-6-15/h2-8,13,19H,9-12H2,1H3,(H,22,25)(H,26,27). The molecule has 27 heavy (non-hydrogen) atoms. The van der Waals surface area contributed by atoms with Gasteiger partial charge in [-0.2, -0.15) is 0 Å². The van der Waals surface area contributed by atoms with Gasteiger partial charge in [0, 0.05) is 38.8 Å². The van der Waals surface area contributed by atoms with Crippen LogP contribution in [0.3, 0.4) is 0 Å². The molecule has 0 radical (unpaired) electrons. The fraction of sp³-hybridized carbons (Fsp3) is 0.300. The van der Waals surface area contributed by atoms with E-state index >= 15 is 0 Å². The van der Waals surface area contributed by atoms with Crippen LogP contribution in [0.5, 0.6) is 0 Å². The Kier molecular flexibility index (Phi) is 5.71. The van der Waals surface area contributed by atoms with E-state index in [2.05, 4.69) is 5.32 Å². The summed E-state index contributed by atoms with van der Waals surface area (Å²) in [4.78, 5) is 26.7. The van der Waals surface area contributed by atoms with Gasteiger partial charge in [0.25, 0.3) is 0 Å². The van der Waals surface area contributed by atoms with Crippen LogP contribution in [-0.2, 0) is 9.59 Å². The SMILES string of the molecule is CC(=O)Nc1ccc(N2CCN(C(C(=O)O)c3ccccc3)CC2)c(F)c1. The number of amides is 1. The first-order valence-corrected chi connectivity index (χ1v) is 8.79. The molecule has 1 amide bonds. The molecule has 2 aromatic rings. The maximum atomic E-state index is 14.4. The number of nitrogens with one attached hydrogen (secondary N) is 1. The van der Waals surface area contributed by atoms with Crippen molar-refractivity contribution in [2.24, 2.45) is 0 Å². The zero-order valence-electron chi connectivity index (χ0n) is 15.1. The summed E-state index contributed by atoms with van der Waals surface area (Å²) in [5.41, 5.74) is 1.61. The predicted octanol–water partition coefficient (Wildman–Crippen LogP) is 2.73. The number of piperazine rings is 1. The molecule has 0 saturated carbocycles. The molecule has 0 aromatic heterocycles. The van der Waals surface area contributed by atoms with Crippen LogP contribution in [-0.4, -0.2) is 48.1 Å². The van der Waals surface area contributed by atoms with E-state index in [1.165, 1.54) is 13.0 Å². The van der Waals surface area contributed by atoms with Crippen molar-refractivity contribution in [2.45, 2.75) is 13.0 Å². The third kappa shape index (κ3) is 4.43. The molecule has 0 bridgehead atoms. The smallest absolute Gasteiger partial charge is 0.325 e. The van der Waals surface area contributed by atoms with Crippen LogP contribution >= 0.6 is 0 Å². The first-order valence-electron chi connectivity index (χ1n) is 8.79. The minimum atomic E-state index is -0.888. The number of carboxylic acids is 1. The summed E-state index contributed by atoms with van der Waals surface area (Å²) in [5, 5.41) is 12.2. The largest absolute Gasteiger partial charge is 0.480 e. The van der Waals surface area contributed by atoms with Crippen molar-refractivity contribution in [2.75, 3.05) is 36.4 Å². The fourth-order valence-electron chi connectivity index (χ4n) is 3.41. The summed E-state index contributed by atoms with van der Waals surface area (Å²) < 4.78 is 14.4. The highest BCUT2D eigenvalue weighted by atomic mass is 19.1. The van der Waals surface area contributed by atoms with Gasteiger partial charge in [0.05, 0.1) is 5.69 Å². The fourth-order valence-corrected chi connectivity index (χ4v) is 3.41. The number of anilines is 2. The summed E-state index contributed by atoms with van der Waals surface area (Å²) in [5.74, 6) is -1.55. The highest BCUT2D eigenvalue weighted by Crippen LogP contribution is 2.27. The molecular formula is C20H22FN3O3. The van der Waals surface area contributed by atoms with E-state index < -0.39 is 17.8 Å². The average Bonchev–Trinajstić information content (AvgIpc) is 2.63. The lowest BCUT2D eigenvalue weighted by molar-refractivity contribution is -0.143. The topological polar surface area (TPSA) is 72.9 Å². The van der Waals surface area contributed by atoms with E-state index in [9.17, 15) is 19.1 Å². The van der Waals surface area contributed by atoms with E-state index in [4.69, 9.17) is 0 Å². The first kappa shape index (κ1) is 18.8. The summed E-state index contributed by atoms with van der Waals surface area (Å²) in [6.07, 6.45) is 0. The van der Waals surface area contributed by atoms with Gasteiger partial charge in [0.2, 0.25) is 5.91 Å². The highest BCUT2D eigenvalue weighted by molar-refractivity contribution is 5.88. The molecule has 2 aromatic carbocycles. The number of hydrogen-bond donors (Lipinski definition) is 2. The van der Waals surface area contributed by atoms with Gasteiger partial charge in [-0.25, -0.2) is 4.39 Å². The van der Waals surface area contributed by atoms with Gasteiger partial charge < -0.3 is 15.3 Å². The number of hydrogen-bond acceptors (Lipinski definition) is 4. The Balaban J connectivity index is 1.69. The zero-order chi connectivity index (χ0) is 19.4. The van der Waals surface area contributed by atoms with E-state index in [0.717, 1.165) is 5.56 Å². The number of rotatable bonds is 5. The molecule has 7 heteroatoms. The Morgan fingerprint density at radius 2 is 1.74 bits per heavy atom. The van der Waals surface area contributed by atoms with Gasteiger partial charge in [-0.1, -0.05) is 30.3 Å². The van der Waals surface area contributed by atoms with Gasteiger partial charge in [-0.3, -0.25) is 14.5 Å². The van der Waals surface area contributed by atoms with Crippen molar-refractivity contribution < 1.29 is 19.1 Å². The molecule has 0 aliphatic carbocycles. The summed E-state index contributed by atoms with van der Waals surface area (Å²) in [6, 6.07) is 13.0. The number of carboxylic acid groups (broad SMARTS) is 1. The average molecular weight is 371 g/mol. The molecule has 1 unspecified atom stereocenters. The first-order chi connectivity index (χ1) is 13.0. The Hall–Kier alpha value is -2.93. The Morgan fingerprint density at radius 3 is 2.30 bits per heavy atom. The Labute approximate surface area is 157 Å². The van der Waals surface area contributed by atoms with E-state index in [1.807, 2.05) is 40.1 Å². The van der Waals surface area contributed by atoms with Gasteiger partial charge >= 0.3 is 5.97 Å². The molecule has 1 aliphatic rings. The number of halogens is 1. The number of carbonyl (C=O) groups is 2. The third-order valence-electron chi connectivity index (χ3n) is 4.64. The van der Waals surface area contributed by atoms with Crippen molar-refractivity contribution in [3.05, 3.63) is 59.9 Å². The van der Waals surface area contributed by atoms with Crippen molar-refractivity contribution in [3.8, 4) is 0 Å². The normalized spacial score (nSPS) is 16.0. The lowest BCUT2D eigenvalue weighted by Crippen LogP contribution is -2.49. The second-order valence-electron chi connectivity index (χ2n) is 6.52. The number of nitrogens with zero attached hydrogens (tertiary/aromatic N) is 2. The van der Waals surface area contributed by atoms with Gasteiger partial charge in [-0.15, -0.1) is 0 Å². The lowest BCUT2D eigenvalue weighted by atomic mass is 10.0. The molecule has 142 valence electrons. The van der Waals surface area contributed by atoms with Crippen LogP contribution in [0.15, 0.2) is 48.5 Å². The predicted molar refractivity (Wildman–Crippen MR) is 101 cm³/mol. The van der Waals surface area contributed by atoms with Crippen molar-refractivity contribution in [1.82, 2.24) is 4.90 Å². The quantitative estimate of drug-likeness (QED) is 0.846. The minimum Gasteiger partial charge on any atom is -0.480 e. The van der Waals surface area contributed by atoms with Crippen molar-refractivity contribution in [1.29, 1.82) is 0 Å². The van der Waals surface area contributed by atoms with E-state index in [0.29, 0.717) is 37.6 Å². The molecular weight excluding hydrogens is 349 g/mol. The lowest BCUT2D eigenvalue weighted by Gasteiger charge is -2.39. The van der Waals surface area contributed by atoms with E-state index in [-0.39, 0.29) is 5.91 Å². The summed E-state index contributed by atoms with van der Waals surface area (Å²) in [6.45, 7) is 3.44. The molecule has 1 aliphatic heterocycles. The maximum absolute atomic E-state index is 14.4. The number of aliphatic carboxylic acids is 1. The number of carbonyl (C=O) groups excluding carboxylic acids is 1. The van der Waals surface area contributed by atoms with Gasteiger partial charge in [-0.05, 0) is 23.8 Å². The van der Waals surface area contributed by atoms with Crippen LogP contribution in [0.1, 0.15) is 18.5 Å². The number of benzene rings is 2.